The Bertz CT molecular complexity index is 632. The van der Waals surface area contributed by atoms with Crippen molar-refractivity contribution in [3.8, 4) is 5.75 Å². The summed E-state index contributed by atoms with van der Waals surface area (Å²) in [6.45, 7) is 7.92. The average Bonchev–Trinajstić information content (AvgIpc) is 2.76. The number of ether oxygens (including phenoxy) is 1. The molecule has 0 atom stereocenters. The van der Waals surface area contributed by atoms with Crippen LogP contribution in [0.4, 0.5) is 0 Å². The van der Waals surface area contributed by atoms with Gasteiger partial charge in [-0.15, -0.1) is 0 Å². The number of nitrogens with zero attached hydrogens (tertiary/aromatic N) is 1. The van der Waals surface area contributed by atoms with Crippen LogP contribution in [0.3, 0.4) is 0 Å². The van der Waals surface area contributed by atoms with Gasteiger partial charge in [0.15, 0.2) is 0 Å². The third-order valence-electron chi connectivity index (χ3n) is 3.79. The van der Waals surface area contributed by atoms with Crippen molar-refractivity contribution >= 4 is 0 Å². The number of aryl methyl sites for hydroxylation is 1. The van der Waals surface area contributed by atoms with Crippen LogP contribution >= 0.6 is 0 Å². The van der Waals surface area contributed by atoms with Crippen LogP contribution in [0.2, 0.25) is 0 Å². The first-order valence-corrected chi connectivity index (χ1v) is 7.45. The molecule has 21 heavy (non-hydrogen) atoms. The largest absolute Gasteiger partial charge is 0.487 e. The summed E-state index contributed by atoms with van der Waals surface area (Å²) < 4.78 is 6.09. The van der Waals surface area contributed by atoms with Crippen LogP contribution in [0, 0.1) is 6.92 Å². The Morgan fingerprint density at radius 3 is 2.81 bits per heavy atom. The van der Waals surface area contributed by atoms with E-state index in [1.165, 1.54) is 16.7 Å². The first-order valence-electron chi connectivity index (χ1n) is 7.45. The highest BCUT2D eigenvalue weighted by molar-refractivity contribution is 5.45. The van der Waals surface area contributed by atoms with Gasteiger partial charge in [-0.25, -0.2) is 0 Å². The fourth-order valence-electron chi connectivity index (χ4n) is 2.76. The quantitative estimate of drug-likeness (QED) is 0.933. The molecule has 0 radical (unpaired) electrons. The maximum Gasteiger partial charge on any atom is 0.127 e. The Morgan fingerprint density at radius 1 is 1.19 bits per heavy atom. The van der Waals surface area contributed by atoms with Crippen LogP contribution in [0.1, 0.15) is 36.2 Å². The van der Waals surface area contributed by atoms with Gasteiger partial charge in [-0.1, -0.05) is 24.3 Å². The smallest absolute Gasteiger partial charge is 0.127 e. The number of fused-ring (bicyclic) bond motifs is 1. The number of para-hydroxylation sites is 1. The van der Waals surface area contributed by atoms with Gasteiger partial charge >= 0.3 is 0 Å². The molecule has 3 heteroatoms. The van der Waals surface area contributed by atoms with Crippen molar-refractivity contribution in [2.24, 2.45) is 0 Å². The van der Waals surface area contributed by atoms with E-state index in [0.717, 1.165) is 31.0 Å². The lowest BCUT2D eigenvalue weighted by molar-refractivity contribution is 0.137. The van der Waals surface area contributed by atoms with Gasteiger partial charge in [-0.2, -0.15) is 0 Å². The summed E-state index contributed by atoms with van der Waals surface area (Å²) in [4.78, 5) is 4.32. The maximum atomic E-state index is 6.09. The molecule has 0 spiro atoms. The predicted octanol–water partition coefficient (Wildman–Crippen LogP) is 3.39. The van der Waals surface area contributed by atoms with Gasteiger partial charge in [-0.05, 0) is 38.0 Å². The molecule has 0 amide bonds. The topological polar surface area (TPSA) is 34.1 Å². The van der Waals surface area contributed by atoms with Crippen LogP contribution in [0.5, 0.6) is 5.75 Å². The molecule has 0 unspecified atom stereocenters. The van der Waals surface area contributed by atoms with Gasteiger partial charge in [0.05, 0.1) is 0 Å². The minimum atomic E-state index is -0.0840. The maximum absolute atomic E-state index is 6.09. The van der Waals surface area contributed by atoms with Crippen molar-refractivity contribution in [1.82, 2.24) is 10.3 Å². The zero-order chi connectivity index (χ0) is 14.9. The lowest BCUT2D eigenvalue weighted by Crippen LogP contribution is -2.25. The van der Waals surface area contributed by atoms with Crippen LogP contribution < -0.4 is 10.1 Å². The van der Waals surface area contributed by atoms with Gasteiger partial charge < -0.3 is 10.1 Å². The Labute approximate surface area is 126 Å². The molecular formula is C18H22N2O. The number of pyridine rings is 1. The van der Waals surface area contributed by atoms with E-state index in [1.54, 1.807) is 0 Å². The highest BCUT2D eigenvalue weighted by Gasteiger charge is 2.31. The Balaban J connectivity index is 1.64. The zero-order valence-corrected chi connectivity index (χ0v) is 12.9. The molecule has 1 aliphatic heterocycles. The van der Waals surface area contributed by atoms with Crippen molar-refractivity contribution in [3.63, 3.8) is 0 Å². The standard InChI is InChI=1S/C18H22N2O/c1-13-7-8-14(11-20-13)10-19-12-16-6-4-5-15-9-18(2,3)21-17(15)16/h4-8,11,19H,9-10,12H2,1-3H3. The summed E-state index contributed by atoms with van der Waals surface area (Å²) >= 11 is 0. The number of benzene rings is 1. The van der Waals surface area contributed by atoms with Crippen molar-refractivity contribution in [2.75, 3.05) is 0 Å². The monoisotopic (exact) mass is 282 g/mol. The van der Waals surface area contributed by atoms with E-state index in [0.29, 0.717) is 0 Å². The Kier molecular flexibility index (Phi) is 3.68. The number of hydrogen-bond acceptors (Lipinski definition) is 3. The van der Waals surface area contributed by atoms with Crippen LogP contribution in [0.25, 0.3) is 0 Å². The summed E-state index contributed by atoms with van der Waals surface area (Å²) in [7, 11) is 0. The molecule has 2 heterocycles. The van der Waals surface area contributed by atoms with Crippen molar-refractivity contribution in [2.45, 2.75) is 45.9 Å². The summed E-state index contributed by atoms with van der Waals surface area (Å²) in [5.41, 5.74) is 4.72. The van der Waals surface area contributed by atoms with Gasteiger partial charge in [-0.3, -0.25) is 4.98 Å². The summed E-state index contributed by atoms with van der Waals surface area (Å²) in [5, 5.41) is 3.47. The average molecular weight is 282 g/mol. The summed E-state index contributed by atoms with van der Waals surface area (Å²) in [6.07, 6.45) is 2.91. The molecule has 110 valence electrons. The molecule has 1 aliphatic rings. The molecular weight excluding hydrogens is 260 g/mol. The van der Waals surface area contributed by atoms with E-state index in [4.69, 9.17) is 4.74 Å². The van der Waals surface area contributed by atoms with Crippen LogP contribution in [-0.4, -0.2) is 10.6 Å². The zero-order valence-electron chi connectivity index (χ0n) is 12.9. The van der Waals surface area contributed by atoms with E-state index in [9.17, 15) is 0 Å². The van der Waals surface area contributed by atoms with E-state index in [-0.39, 0.29) is 5.60 Å². The highest BCUT2D eigenvalue weighted by Crippen LogP contribution is 2.37. The molecule has 0 aliphatic carbocycles. The fourth-order valence-corrected chi connectivity index (χ4v) is 2.76. The first kappa shape index (κ1) is 14.1. The normalized spacial score (nSPS) is 15.6. The lowest BCUT2D eigenvalue weighted by atomic mass is 10.0. The van der Waals surface area contributed by atoms with Crippen molar-refractivity contribution in [3.05, 3.63) is 58.9 Å². The predicted molar refractivity (Wildman–Crippen MR) is 84.4 cm³/mol. The molecule has 3 rings (SSSR count). The van der Waals surface area contributed by atoms with E-state index in [1.807, 2.05) is 19.2 Å². The second-order valence-corrected chi connectivity index (χ2v) is 6.36. The number of nitrogens with one attached hydrogen (secondary N) is 1. The van der Waals surface area contributed by atoms with Gasteiger partial charge in [0, 0.05) is 37.0 Å². The third-order valence-corrected chi connectivity index (χ3v) is 3.79. The molecule has 0 bridgehead atoms. The molecule has 0 saturated carbocycles. The van der Waals surface area contributed by atoms with Gasteiger partial charge in [0.25, 0.3) is 0 Å². The number of aromatic nitrogens is 1. The second kappa shape index (κ2) is 5.49. The van der Waals surface area contributed by atoms with E-state index >= 15 is 0 Å². The minimum absolute atomic E-state index is 0.0840. The number of hydrogen-bond donors (Lipinski definition) is 1. The molecule has 1 aromatic carbocycles. The van der Waals surface area contributed by atoms with E-state index in [2.05, 4.69) is 48.4 Å². The molecule has 3 nitrogen and oxygen atoms in total. The number of rotatable bonds is 4. The SMILES string of the molecule is Cc1ccc(CNCc2cccc3c2OC(C)(C)C3)cn1. The second-order valence-electron chi connectivity index (χ2n) is 6.36. The molecule has 2 aromatic rings. The van der Waals surface area contributed by atoms with E-state index < -0.39 is 0 Å². The molecule has 0 fully saturated rings. The van der Waals surface area contributed by atoms with Crippen LogP contribution in [-0.2, 0) is 19.5 Å². The van der Waals surface area contributed by atoms with Gasteiger partial charge in [0.1, 0.15) is 11.4 Å². The Morgan fingerprint density at radius 2 is 2.05 bits per heavy atom. The summed E-state index contributed by atoms with van der Waals surface area (Å²) in [5.74, 6) is 1.07. The highest BCUT2D eigenvalue weighted by atomic mass is 16.5. The fraction of sp³-hybridized carbons (Fsp3) is 0.389. The Hall–Kier alpha value is -1.87. The van der Waals surface area contributed by atoms with Crippen molar-refractivity contribution < 1.29 is 4.74 Å². The first-order chi connectivity index (χ1) is 10.0. The molecule has 0 saturated heterocycles. The summed E-state index contributed by atoms with van der Waals surface area (Å²) in [6, 6.07) is 10.6. The lowest BCUT2D eigenvalue weighted by Gasteiger charge is -2.18. The third kappa shape index (κ3) is 3.24. The van der Waals surface area contributed by atoms with Crippen LogP contribution in [0.15, 0.2) is 36.5 Å². The molecule has 1 N–H and O–H groups in total. The van der Waals surface area contributed by atoms with Gasteiger partial charge in [0.2, 0.25) is 0 Å². The minimum Gasteiger partial charge on any atom is -0.487 e. The van der Waals surface area contributed by atoms with Crippen molar-refractivity contribution in [1.29, 1.82) is 0 Å². The molecule has 1 aromatic heterocycles.